The number of benzene rings is 2. The standard InChI is InChI=1S/C26H30FNO3/c1-3-4-5-6-7-15-28(23-10-8-9-20(16-23)18-29)26(30)24-17-25(31-19(24)2)21-11-13-22(27)14-12-21/h8-14,16-17,29H,3-7,15,18H2,1-2H3. The molecule has 0 spiro atoms. The van der Waals surface area contributed by atoms with Crippen molar-refractivity contribution in [2.24, 2.45) is 0 Å². The number of unbranched alkanes of at least 4 members (excludes halogenated alkanes) is 4. The van der Waals surface area contributed by atoms with Crippen molar-refractivity contribution < 1.29 is 18.7 Å². The number of aliphatic hydroxyl groups is 1. The minimum Gasteiger partial charge on any atom is -0.461 e. The van der Waals surface area contributed by atoms with Crippen LogP contribution in [0.5, 0.6) is 0 Å². The summed E-state index contributed by atoms with van der Waals surface area (Å²) in [4.78, 5) is 15.3. The predicted molar refractivity (Wildman–Crippen MR) is 122 cm³/mol. The van der Waals surface area contributed by atoms with Gasteiger partial charge in [0, 0.05) is 17.8 Å². The number of amides is 1. The topological polar surface area (TPSA) is 53.7 Å². The summed E-state index contributed by atoms with van der Waals surface area (Å²) >= 11 is 0. The maximum atomic E-state index is 13.5. The number of hydrogen-bond donors (Lipinski definition) is 1. The van der Waals surface area contributed by atoms with E-state index in [1.54, 1.807) is 30.0 Å². The molecule has 1 N–H and O–H groups in total. The van der Waals surface area contributed by atoms with Gasteiger partial charge in [0.2, 0.25) is 0 Å². The summed E-state index contributed by atoms with van der Waals surface area (Å²) in [5.74, 6) is 0.605. The van der Waals surface area contributed by atoms with Gasteiger partial charge in [-0.2, -0.15) is 0 Å². The van der Waals surface area contributed by atoms with E-state index in [-0.39, 0.29) is 18.3 Å². The molecule has 1 heterocycles. The van der Waals surface area contributed by atoms with Crippen molar-refractivity contribution in [2.75, 3.05) is 11.4 Å². The van der Waals surface area contributed by atoms with E-state index in [1.165, 1.54) is 25.0 Å². The van der Waals surface area contributed by atoms with E-state index in [0.717, 1.165) is 36.1 Å². The molecule has 0 saturated carbocycles. The van der Waals surface area contributed by atoms with Gasteiger partial charge in [0.15, 0.2) is 0 Å². The summed E-state index contributed by atoms with van der Waals surface area (Å²) in [6, 6.07) is 15.2. The number of furan rings is 1. The predicted octanol–water partition coefficient (Wildman–Crippen LogP) is 6.50. The molecule has 0 unspecified atom stereocenters. The third-order valence-corrected chi connectivity index (χ3v) is 5.41. The fourth-order valence-electron chi connectivity index (χ4n) is 3.64. The number of halogens is 1. The van der Waals surface area contributed by atoms with Crippen molar-refractivity contribution in [3.63, 3.8) is 0 Å². The van der Waals surface area contributed by atoms with Crippen molar-refractivity contribution in [3.8, 4) is 11.3 Å². The molecule has 1 amide bonds. The summed E-state index contributed by atoms with van der Waals surface area (Å²) in [5.41, 5.74) is 2.73. The first-order chi connectivity index (χ1) is 15.0. The van der Waals surface area contributed by atoms with Gasteiger partial charge >= 0.3 is 0 Å². The number of anilines is 1. The van der Waals surface area contributed by atoms with Crippen LogP contribution in [0.15, 0.2) is 59.0 Å². The molecule has 2 aromatic carbocycles. The van der Waals surface area contributed by atoms with Gasteiger partial charge in [0.25, 0.3) is 5.91 Å². The van der Waals surface area contributed by atoms with E-state index in [0.29, 0.717) is 23.6 Å². The van der Waals surface area contributed by atoms with Crippen LogP contribution >= 0.6 is 0 Å². The van der Waals surface area contributed by atoms with Crippen molar-refractivity contribution in [2.45, 2.75) is 52.6 Å². The van der Waals surface area contributed by atoms with Crippen LogP contribution in [-0.2, 0) is 6.61 Å². The minimum atomic E-state index is -0.318. The quantitative estimate of drug-likeness (QED) is 0.379. The number of carbonyl (C=O) groups is 1. The largest absolute Gasteiger partial charge is 0.461 e. The van der Waals surface area contributed by atoms with Crippen molar-refractivity contribution in [3.05, 3.63) is 77.3 Å². The number of hydrogen-bond acceptors (Lipinski definition) is 3. The number of rotatable bonds is 10. The maximum absolute atomic E-state index is 13.5. The molecule has 0 saturated heterocycles. The van der Waals surface area contributed by atoms with Gasteiger partial charge in [-0.15, -0.1) is 0 Å². The molecular formula is C26H30FNO3. The summed E-state index contributed by atoms with van der Waals surface area (Å²) in [7, 11) is 0. The average molecular weight is 424 g/mol. The highest BCUT2D eigenvalue weighted by Crippen LogP contribution is 2.28. The molecule has 31 heavy (non-hydrogen) atoms. The van der Waals surface area contributed by atoms with E-state index >= 15 is 0 Å². The second-order valence-electron chi connectivity index (χ2n) is 7.79. The van der Waals surface area contributed by atoms with Crippen LogP contribution in [0.1, 0.15) is 60.7 Å². The lowest BCUT2D eigenvalue weighted by molar-refractivity contribution is 0.0985. The van der Waals surface area contributed by atoms with Crippen molar-refractivity contribution >= 4 is 11.6 Å². The zero-order chi connectivity index (χ0) is 22.2. The lowest BCUT2D eigenvalue weighted by Crippen LogP contribution is -2.32. The Morgan fingerprint density at radius 3 is 2.48 bits per heavy atom. The zero-order valence-electron chi connectivity index (χ0n) is 18.2. The van der Waals surface area contributed by atoms with Gasteiger partial charge in [0.1, 0.15) is 17.3 Å². The highest BCUT2D eigenvalue weighted by atomic mass is 19.1. The SMILES string of the molecule is CCCCCCCN(C(=O)c1cc(-c2ccc(F)cc2)oc1C)c1cccc(CO)c1. The molecule has 3 aromatic rings. The van der Waals surface area contributed by atoms with E-state index in [9.17, 15) is 14.3 Å². The summed E-state index contributed by atoms with van der Waals surface area (Å²) in [6.07, 6.45) is 5.46. The van der Waals surface area contributed by atoms with Crippen LogP contribution in [-0.4, -0.2) is 17.6 Å². The highest BCUT2D eigenvalue weighted by molar-refractivity contribution is 6.07. The van der Waals surface area contributed by atoms with E-state index in [2.05, 4.69) is 6.92 Å². The van der Waals surface area contributed by atoms with E-state index in [1.807, 2.05) is 24.3 Å². The molecule has 5 heteroatoms. The van der Waals surface area contributed by atoms with Gasteiger partial charge in [-0.05, 0) is 61.4 Å². The Morgan fingerprint density at radius 2 is 1.77 bits per heavy atom. The normalized spacial score (nSPS) is 11.0. The van der Waals surface area contributed by atoms with Crippen LogP contribution in [0.3, 0.4) is 0 Å². The highest BCUT2D eigenvalue weighted by Gasteiger charge is 2.23. The molecule has 0 aliphatic carbocycles. The molecule has 1 aromatic heterocycles. The second kappa shape index (κ2) is 10.9. The summed E-state index contributed by atoms with van der Waals surface area (Å²) < 4.78 is 19.1. The van der Waals surface area contributed by atoms with Gasteiger partial charge in [-0.3, -0.25) is 4.79 Å². The smallest absolute Gasteiger partial charge is 0.261 e. The number of nitrogens with zero attached hydrogens (tertiary/aromatic N) is 1. The maximum Gasteiger partial charge on any atom is 0.261 e. The number of aryl methyl sites for hydroxylation is 1. The van der Waals surface area contributed by atoms with Crippen LogP contribution in [0.25, 0.3) is 11.3 Å². The van der Waals surface area contributed by atoms with Crippen LogP contribution in [0.2, 0.25) is 0 Å². The first-order valence-electron chi connectivity index (χ1n) is 10.9. The van der Waals surface area contributed by atoms with Gasteiger partial charge in [-0.1, -0.05) is 44.7 Å². The van der Waals surface area contributed by atoms with Crippen LogP contribution in [0.4, 0.5) is 10.1 Å². The molecule has 0 radical (unpaired) electrons. The summed E-state index contributed by atoms with van der Waals surface area (Å²) in [5, 5.41) is 9.52. The number of aliphatic hydroxyl groups excluding tert-OH is 1. The monoisotopic (exact) mass is 423 g/mol. The summed E-state index contributed by atoms with van der Waals surface area (Å²) in [6.45, 7) is 4.46. The Balaban J connectivity index is 1.87. The second-order valence-corrected chi connectivity index (χ2v) is 7.79. The van der Waals surface area contributed by atoms with Crippen molar-refractivity contribution in [1.29, 1.82) is 0 Å². The first kappa shape index (κ1) is 22.8. The molecule has 0 atom stereocenters. The van der Waals surface area contributed by atoms with Gasteiger partial charge in [-0.25, -0.2) is 4.39 Å². The molecule has 0 aliphatic rings. The first-order valence-corrected chi connectivity index (χ1v) is 10.9. The molecule has 3 rings (SSSR count). The fraction of sp³-hybridized carbons (Fsp3) is 0.346. The van der Waals surface area contributed by atoms with Crippen LogP contribution < -0.4 is 4.90 Å². The molecule has 4 nitrogen and oxygen atoms in total. The molecule has 0 aliphatic heterocycles. The lowest BCUT2D eigenvalue weighted by Gasteiger charge is -2.23. The molecular weight excluding hydrogens is 393 g/mol. The van der Waals surface area contributed by atoms with Crippen LogP contribution in [0, 0.1) is 12.7 Å². The molecule has 164 valence electrons. The Kier molecular flexibility index (Phi) is 8.01. The number of carbonyl (C=O) groups excluding carboxylic acids is 1. The zero-order valence-corrected chi connectivity index (χ0v) is 18.2. The third-order valence-electron chi connectivity index (χ3n) is 5.41. The Hall–Kier alpha value is -2.92. The minimum absolute atomic E-state index is 0.0776. The Labute approximate surface area is 183 Å². The lowest BCUT2D eigenvalue weighted by atomic mass is 10.1. The molecule has 0 bridgehead atoms. The fourth-order valence-corrected chi connectivity index (χ4v) is 3.64. The Morgan fingerprint density at radius 1 is 1.03 bits per heavy atom. The van der Waals surface area contributed by atoms with Gasteiger partial charge in [0.05, 0.1) is 12.2 Å². The third kappa shape index (κ3) is 5.82. The van der Waals surface area contributed by atoms with Crippen molar-refractivity contribution in [1.82, 2.24) is 0 Å². The average Bonchev–Trinajstić information content (AvgIpc) is 3.18. The molecule has 0 fully saturated rings. The van der Waals surface area contributed by atoms with Gasteiger partial charge < -0.3 is 14.4 Å². The van der Waals surface area contributed by atoms with E-state index in [4.69, 9.17) is 4.42 Å². The Bertz CT molecular complexity index is 994. The van der Waals surface area contributed by atoms with E-state index < -0.39 is 0 Å².